The van der Waals surface area contributed by atoms with Crippen LogP contribution < -0.4 is 0 Å². The Morgan fingerprint density at radius 3 is 2.77 bits per heavy atom. The maximum absolute atomic E-state index is 12.6. The van der Waals surface area contributed by atoms with Crippen LogP contribution in [0.4, 0.5) is 0 Å². The van der Waals surface area contributed by atoms with Gasteiger partial charge in [0.05, 0.1) is 23.1 Å². The largest absolute Gasteiger partial charge is 0.468 e. The van der Waals surface area contributed by atoms with E-state index in [0.29, 0.717) is 16.4 Å². The first-order chi connectivity index (χ1) is 10.8. The number of nitrogens with zero attached hydrogens (tertiary/aromatic N) is 2. The van der Waals surface area contributed by atoms with Gasteiger partial charge in [-0.25, -0.2) is 0 Å². The number of nitriles is 1. The van der Waals surface area contributed by atoms with Crippen LogP contribution in [0.25, 0.3) is 0 Å². The summed E-state index contributed by atoms with van der Waals surface area (Å²) in [5, 5.41) is 9.13. The molecule has 0 spiro atoms. The van der Waals surface area contributed by atoms with Crippen molar-refractivity contribution in [2.45, 2.75) is 11.7 Å². The summed E-state index contributed by atoms with van der Waals surface area (Å²) in [6.07, 6.45) is 2.58. The van der Waals surface area contributed by atoms with E-state index in [1.807, 2.05) is 28.8 Å². The molecule has 1 aromatic heterocycles. The van der Waals surface area contributed by atoms with Gasteiger partial charge in [0.2, 0.25) is 0 Å². The van der Waals surface area contributed by atoms with Crippen molar-refractivity contribution in [2.24, 2.45) is 0 Å². The number of carbonyl (C=O) groups excluding carboxylic acids is 1. The van der Waals surface area contributed by atoms with Crippen molar-refractivity contribution in [3.8, 4) is 6.07 Å². The second kappa shape index (κ2) is 6.71. The molecule has 22 heavy (non-hydrogen) atoms. The van der Waals surface area contributed by atoms with Gasteiger partial charge in [-0.05, 0) is 42.8 Å². The Balaban J connectivity index is 1.67. The Kier molecular flexibility index (Phi) is 4.50. The lowest BCUT2D eigenvalue weighted by molar-refractivity contribution is 0.0766. The van der Waals surface area contributed by atoms with Crippen LogP contribution in [-0.4, -0.2) is 29.6 Å². The third-order valence-electron chi connectivity index (χ3n) is 3.75. The number of hydrogen-bond acceptors (Lipinski definition) is 4. The van der Waals surface area contributed by atoms with Crippen molar-refractivity contribution in [2.75, 3.05) is 18.8 Å². The maximum Gasteiger partial charge on any atom is 0.253 e. The van der Waals surface area contributed by atoms with Crippen molar-refractivity contribution < 1.29 is 9.21 Å². The highest BCUT2D eigenvalue weighted by Gasteiger charge is 2.24. The molecule has 1 unspecified atom stereocenters. The number of furan rings is 1. The molecular formula is C17H16N2O2S. The quantitative estimate of drug-likeness (QED) is 0.852. The lowest BCUT2D eigenvalue weighted by Gasteiger charge is -2.20. The van der Waals surface area contributed by atoms with Crippen molar-refractivity contribution in [3.63, 3.8) is 0 Å². The standard InChI is InChI=1S/C17H16N2O2S/c18-12-13-3-5-14(6-4-13)17(20)19-8-7-16(22-11-9-19)15-2-1-10-21-15/h1-6,10,16H,7-9,11H2. The molecule has 0 aliphatic carbocycles. The fraction of sp³-hybridized carbons (Fsp3) is 0.294. The Morgan fingerprint density at radius 1 is 1.27 bits per heavy atom. The van der Waals surface area contributed by atoms with E-state index in [1.165, 1.54) is 0 Å². The number of amides is 1. The lowest BCUT2D eigenvalue weighted by atomic mass is 10.1. The minimum absolute atomic E-state index is 0.0326. The predicted molar refractivity (Wildman–Crippen MR) is 85.6 cm³/mol. The molecule has 3 rings (SSSR count). The molecule has 5 heteroatoms. The molecule has 0 bridgehead atoms. The van der Waals surface area contributed by atoms with E-state index in [2.05, 4.69) is 6.07 Å². The Bertz CT molecular complexity index is 674. The van der Waals surface area contributed by atoms with Gasteiger partial charge in [-0.1, -0.05) is 0 Å². The molecular weight excluding hydrogens is 296 g/mol. The molecule has 112 valence electrons. The SMILES string of the molecule is N#Cc1ccc(C(=O)N2CCSC(c3ccco3)CC2)cc1. The van der Waals surface area contributed by atoms with Crippen LogP contribution in [0.15, 0.2) is 47.1 Å². The van der Waals surface area contributed by atoms with Gasteiger partial charge in [0.1, 0.15) is 5.76 Å². The van der Waals surface area contributed by atoms with Gasteiger partial charge in [0.15, 0.2) is 0 Å². The number of thioether (sulfide) groups is 1. The van der Waals surface area contributed by atoms with Gasteiger partial charge < -0.3 is 9.32 Å². The summed E-state index contributed by atoms with van der Waals surface area (Å²) in [4.78, 5) is 14.4. The zero-order chi connectivity index (χ0) is 15.4. The molecule has 1 aliphatic heterocycles. The average Bonchev–Trinajstić information content (AvgIpc) is 2.99. The first-order valence-electron chi connectivity index (χ1n) is 7.22. The van der Waals surface area contributed by atoms with Gasteiger partial charge in [-0.3, -0.25) is 4.79 Å². The molecule has 1 amide bonds. The van der Waals surface area contributed by atoms with Crippen LogP contribution in [0.2, 0.25) is 0 Å². The normalized spacial score (nSPS) is 18.5. The zero-order valence-corrected chi connectivity index (χ0v) is 12.9. The summed E-state index contributed by atoms with van der Waals surface area (Å²) >= 11 is 1.83. The van der Waals surface area contributed by atoms with Crippen LogP contribution in [0.3, 0.4) is 0 Å². The molecule has 1 saturated heterocycles. The van der Waals surface area contributed by atoms with Crippen LogP contribution in [0, 0.1) is 11.3 Å². The summed E-state index contributed by atoms with van der Waals surface area (Å²) < 4.78 is 5.48. The van der Waals surface area contributed by atoms with E-state index in [4.69, 9.17) is 9.68 Å². The molecule has 0 saturated carbocycles. The third kappa shape index (κ3) is 3.18. The third-order valence-corrected chi connectivity index (χ3v) is 5.04. The summed E-state index contributed by atoms with van der Waals surface area (Å²) in [5.74, 6) is 1.91. The molecule has 1 aliphatic rings. The first-order valence-corrected chi connectivity index (χ1v) is 8.27. The van der Waals surface area contributed by atoms with Gasteiger partial charge in [0.25, 0.3) is 5.91 Å². The number of hydrogen-bond donors (Lipinski definition) is 0. The van der Waals surface area contributed by atoms with E-state index in [0.717, 1.165) is 31.0 Å². The molecule has 4 nitrogen and oxygen atoms in total. The maximum atomic E-state index is 12.6. The highest BCUT2D eigenvalue weighted by Crippen LogP contribution is 2.34. The Morgan fingerprint density at radius 2 is 2.09 bits per heavy atom. The lowest BCUT2D eigenvalue weighted by Crippen LogP contribution is -2.32. The minimum atomic E-state index is 0.0326. The van der Waals surface area contributed by atoms with Crippen molar-refractivity contribution in [1.82, 2.24) is 4.90 Å². The summed E-state index contributed by atoms with van der Waals surface area (Å²) in [5.41, 5.74) is 1.21. The van der Waals surface area contributed by atoms with Crippen LogP contribution in [0.1, 0.15) is 33.4 Å². The van der Waals surface area contributed by atoms with E-state index in [9.17, 15) is 4.79 Å². The van der Waals surface area contributed by atoms with Gasteiger partial charge in [-0.2, -0.15) is 5.26 Å². The zero-order valence-electron chi connectivity index (χ0n) is 12.1. The van der Waals surface area contributed by atoms with Crippen LogP contribution in [-0.2, 0) is 0 Å². The fourth-order valence-electron chi connectivity index (χ4n) is 2.55. The predicted octanol–water partition coefficient (Wildman–Crippen LogP) is 3.47. The second-order valence-corrected chi connectivity index (χ2v) is 6.46. The highest BCUT2D eigenvalue weighted by molar-refractivity contribution is 7.99. The van der Waals surface area contributed by atoms with Crippen molar-refractivity contribution in [3.05, 3.63) is 59.5 Å². The molecule has 1 atom stereocenters. The molecule has 0 N–H and O–H groups in total. The van der Waals surface area contributed by atoms with E-state index < -0.39 is 0 Å². The summed E-state index contributed by atoms with van der Waals surface area (Å²) in [6, 6.07) is 12.8. The fourth-order valence-corrected chi connectivity index (χ4v) is 3.73. The van der Waals surface area contributed by atoms with Gasteiger partial charge >= 0.3 is 0 Å². The highest BCUT2D eigenvalue weighted by atomic mass is 32.2. The van der Waals surface area contributed by atoms with Crippen molar-refractivity contribution >= 4 is 17.7 Å². The van der Waals surface area contributed by atoms with Gasteiger partial charge in [-0.15, -0.1) is 11.8 Å². The minimum Gasteiger partial charge on any atom is -0.468 e. The molecule has 2 heterocycles. The Hall–Kier alpha value is -2.19. The monoisotopic (exact) mass is 312 g/mol. The number of carbonyl (C=O) groups is 1. The van der Waals surface area contributed by atoms with E-state index in [1.54, 1.807) is 30.5 Å². The summed E-state index contributed by atoms with van der Waals surface area (Å²) in [7, 11) is 0. The van der Waals surface area contributed by atoms with Crippen LogP contribution in [0.5, 0.6) is 0 Å². The molecule has 0 radical (unpaired) electrons. The molecule has 1 aromatic carbocycles. The van der Waals surface area contributed by atoms with E-state index in [-0.39, 0.29) is 5.91 Å². The number of rotatable bonds is 2. The van der Waals surface area contributed by atoms with Crippen molar-refractivity contribution in [1.29, 1.82) is 5.26 Å². The summed E-state index contributed by atoms with van der Waals surface area (Å²) in [6.45, 7) is 1.46. The molecule has 2 aromatic rings. The van der Waals surface area contributed by atoms with Gasteiger partial charge in [0, 0.05) is 24.4 Å². The smallest absolute Gasteiger partial charge is 0.253 e. The first kappa shape index (κ1) is 14.7. The van der Waals surface area contributed by atoms with Crippen LogP contribution >= 0.6 is 11.8 Å². The topological polar surface area (TPSA) is 57.2 Å². The average molecular weight is 312 g/mol. The number of benzene rings is 1. The van der Waals surface area contributed by atoms with E-state index >= 15 is 0 Å². The Labute approximate surface area is 133 Å². The molecule has 1 fully saturated rings. The second-order valence-electron chi connectivity index (χ2n) is 5.14.